The second-order valence-corrected chi connectivity index (χ2v) is 7.21. The van der Waals surface area contributed by atoms with Crippen molar-refractivity contribution < 1.29 is 9.47 Å². The van der Waals surface area contributed by atoms with Gasteiger partial charge in [-0.15, -0.1) is 0 Å². The van der Waals surface area contributed by atoms with Crippen molar-refractivity contribution in [2.45, 2.75) is 12.7 Å². The molecule has 1 aliphatic heterocycles. The van der Waals surface area contributed by atoms with Crippen LogP contribution in [0.2, 0.25) is 5.02 Å². The maximum atomic E-state index is 6.12. The molecule has 1 N–H and O–H groups in total. The van der Waals surface area contributed by atoms with Crippen LogP contribution in [0.3, 0.4) is 0 Å². The van der Waals surface area contributed by atoms with Crippen LogP contribution in [0.4, 0.5) is 0 Å². The number of halogens is 1. The van der Waals surface area contributed by atoms with E-state index in [0.29, 0.717) is 11.6 Å². The average molecular weight is 372 g/mol. The molecule has 1 fully saturated rings. The summed E-state index contributed by atoms with van der Waals surface area (Å²) in [5.41, 5.74) is 3.37. The van der Waals surface area contributed by atoms with Crippen LogP contribution in [-0.2, 0) is 6.61 Å². The minimum absolute atomic E-state index is 0.200. The number of ether oxygens (including phenoxy) is 2. The van der Waals surface area contributed by atoms with Gasteiger partial charge in [0.25, 0.3) is 0 Å². The fraction of sp³-hybridized carbons (Fsp3) is 0.200. The van der Waals surface area contributed by atoms with Crippen LogP contribution in [-0.4, -0.2) is 19.2 Å². The van der Waals surface area contributed by atoms with E-state index in [9.17, 15) is 0 Å². The lowest BCUT2D eigenvalue weighted by atomic mass is 10.1. The largest absolute Gasteiger partial charge is 0.485 e. The first-order valence-electron chi connectivity index (χ1n) is 8.19. The molecule has 3 aromatic rings. The van der Waals surface area contributed by atoms with Gasteiger partial charge in [-0.2, -0.15) is 11.3 Å². The molecule has 1 saturated heterocycles. The number of nitrogens with one attached hydrogen (secondary N) is 1. The van der Waals surface area contributed by atoms with Gasteiger partial charge in [-0.05, 0) is 57.8 Å². The maximum Gasteiger partial charge on any atom is 0.162 e. The Hall–Kier alpha value is -2.01. The van der Waals surface area contributed by atoms with Crippen LogP contribution in [0.25, 0.3) is 11.1 Å². The number of thiophene rings is 1. The second-order valence-electron chi connectivity index (χ2n) is 5.99. The molecule has 4 rings (SSSR count). The van der Waals surface area contributed by atoms with E-state index in [1.807, 2.05) is 30.3 Å². The van der Waals surface area contributed by atoms with Gasteiger partial charge < -0.3 is 14.8 Å². The summed E-state index contributed by atoms with van der Waals surface area (Å²) in [5.74, 6) is 1.54. The van der Waals surface area contributed by atoms with E-state index in [1.165, 1.54) is 5.56 Å². The SMILES string of the molecule is Clc1cccc(COc2ccc(-c3ccsc3)cc2OC2CNC2)c1. The predicted octanol–water partition coefficient (Wildman–Crippen LogP) is 5.00. The lowest BCUT2D eigenvalue weighted by Crippen LogP contribution is -2.50. The molecule has 128 valence electrons. The van der Waals surface area contributed by atoms with Crippen LogP contribution in [0.15, 0.2) is 59.3 Å². The molecule has 0 saturated carbocycles. The molecular formula is C20H18ClNO2S. The molecule has 1 aliphatic rings. The van der Waals surface area contributed by atoms with Gasteiger partial charge in [0.05, 0.1) is 0 Å². The van der Waals surface area contributed by atoms with Crippen LogP contribution < -0.4 is 14.8 Å². The van der Waals surface area contributed by atoms with Crippen molar-refractivity contribution in [1.29, 1.82) is 0 Å². The fourth-order valence-electron chi connectivity index (χ4n) is 2.64. The summed E-state index contributed by atoms with van der Waals surface area (Å²) in [6, 6.07) is 15.9. The van der Waals surface area contributed by atoms with E-state index in [2.05, 4.69) is 34.3 Å². The van der Waals surface area contributed by atoms with Crippen molar-refractivity contribution in [2.75, 3.05) is 13.1 Å². The standard InChI is InChI=1S/C20H18ClNO2S/c21-17-3-1-2-14(8-17)12-23-19-5-4-15(16-6-7-25-13-16)9-20(19)24-18-10-22-11-18/h1-9,13,18,22H,10-12H2. The topological polar surface area (TPSA) is 30.5 Å². The zero-order chi connectivity index (χ0) is 17.1. The minimum Gasteiger partial charge on any atom is -0.485 e. The highest BCUT2D eigenvalue weighted by Gasteiger charge is 2.20. The van der Waals surface area contributed by atoms with Crippen molar-refractivity contribution in [3.63, 3.8) is 0 Å². The zero-order valence-corrected chi connectivity index (χ0v) is 15.1. The molecule has 2 aromatic carbocycles. The van der Waals surface area contributed by atoms with Crippen molar-refractivity contribution in [3.05, 3.63) is 69.9 Å². The molecule has 1 aromatic heterocycles. The van der Waals surface area contributed by atoms with Gasteiger partial charge in [-0.25, -0.2) is 0 Å². The molecule has 0 bridgehead atoms. The molecule has 0 aliphatic carbocycles. The van der Waals surface area contributed by atoms with Crippen LogP contribution in [0, 0.1) is 0 Å². The van der Waals surface area contributed by atoms with Gasteiger partial charge in [0, 0.05) is 18.1 Å². The van der Waals surface area contributed by atoms with Crippen molar-refractivity contribution in [2.24, 2.45) is 0 Å². The Morgan fingerprint density at radius 2 is 1.96 bits per heavy atom. The Kier molecular flexibility index (Phi) is 4.92. The molecule has 0 amide bonds. The molecule has 0 atom stereocenters. The third-order valence-corrected chi connectivity index (χ3v) is 5.04. The molecule has 0 spiro atoms. The highest BCUT2D eigenvalue weighted by molar-refractivity contribution is 7.08. The average Bonchev–Trinajstić information content (AvgIpc) is 3.11. The number of hydrogen-bond acceptors (Lipinski definition) is 4. The van der Waals surface area contributed by atoms with Crippen LogP contribution in [0.5, 0.6) is 11.5 Å². The van der Waals surface area contributed by atoms with Crippen molar-refractivity contribution in [3.8, 4) is 22.6 Å². The highest BCUT2D eigenvalue weighted by atomic mass is 35.5. The van der Waals surface area contributed by atoms with Gasteiger partial charge in [-0.3, -0.25) is 0 Å². The fourth-order valence-corrected chi connectivity index (χ4v) is 3.52. The summed E-state index contributed by atoms with van der Waals surface area (Å²) in [4.78, 5) is 0. The van der Waals surface area contributed by atoms with Crippen LogP contribution in [0.1, 0.15) is 5.56 Å². The van der Waals surface area contributed by atoms with Gasteiger partial charge in [0.2, 0.25) is 0 Å². The summed E-state index contributed by atoms with van der Waals surface area (Å²) in [6.07, 6.45) is 0.200. The number of rotatable bonds is 6. The molecule has 5 heteroatoms. The number of benzene rings is 2. The normalized spacial score (nSPS) is 14.1. The Labute approximate surface area is 156 Å². The summed E-state index contributed by atoms with van der Waals surface area (Å²) in [7, 11) is 0. The van der Waals surface area contributed by atoms with E-state index in [-0.39, 0.29) is 6.10 Å². The summed E-state index contributed by atoms with van der Waals surface area (Å²) in [6.45, 7) is 2.20. The molecule has 25 heavy (non-hydrogen) atoms. The third kappa shape index (κ3) is 3.98. The second kappa shape index (κ2) is 7.48. The summed E-state index contributed by atoms with van der Waals surface area (Å²) in [5, 5.41) is 8.16. The lowest BCUT2D eigenvalue weighted by Gasteiger charge is -2.28. The third-order valence-electron chi connectivity index (χ3n) is 4.12. The van der Waals surface area contributed by atoms with Crippen molar-refractivity contribution in [1.82, 2.24) is 5.32 Å². The Bertz CT molecular complexity index is 847. The van der Waals surface area contributed by atoms with Gasteiger partial charge in [0.1, 0.15) is 12.7 Å². The number of hydrogen-bond donors (Lipinski definition) is 1. The molecule has 0 unspecified atom stereocenters. The Balaban J connectivity index is 1.56. The van der Waals surface area contributed by atoms with E-state index < -0.39 is 0 Å². The molecule has 2 heterocycles. The van der Waals surface area contributed by atoms with Gasteiger partial charge in [-0.1, -0.05) is 29.8 Å². The first kappa shape index (κ1) is 16.5. The molecular weight excluding hydrogens is 354 g/mol. The van der Waals surface area contributed by atoms with Gasteiger partial charge in [0.15, 0.2) is 11.5 Å². The maximum absolute atomic E-state index is 6.12. The smallest absolute Gasteiger partial charge is 0.162 e. The van der Waals surface area contributed by atoms with E-state index >= 15 is 0 Å². The van der Waals surface area contributed by atoms with E-state index in [0.717, 1.165) is 35.7 Å². The van der Waals surface area contributed by atoms with Gasteiger partial charge >= 0.3 is 0 Å². The Morgan fingerprint density at radius 3 is 2.68 bits per heavy atom. The molecule has 3 nitrogen and oxygen atoms in total. The van der Waals surface area contributed by atoms with E-state index in [1.54, 1.807) is 11.3 Å². The Morgan fingerprint density at radius 1 is 1.04 bits per heavy atom. The minimum atomic E-state index is 0.200. The first-order valence-corrected chi connectivity index (χ1v) is 9.51. The lowest BCUT2D eigenvalue weighted by molar-refractivity contribution is 0.134. The monoisotopic (exact) mass is 371 g/mol. The van der Waals surface area contributed by atoms with Crippen molar-refractivity contribution >= 4 is 22.9 Å². The predicted molar refractivity (Wildman–Crippen MR) is 103 cm³/mol. The van der Waals surface area contributed by atoms with E-state index in [4.69, 9.17) is 21.1 Å². The quantitative estimate of drug-likeness (QED) is 0.661. The highest BCUT2D eigenvalue weighted by Crippen LogP contribution is 2.35. The summed E-state index contributed by atoms with van der Waals surface area (Å²) >= 11 is 7.73. The summed E-state index contributed by atoms with van der Waals surface area (Å²) < 4.78 is 12.1. The molecule has 0 radical (unpaired) electrons. The first-order chi connectivity index (χ1) is 12.3. The van der Waals surface area contributed by atoms with Crippen LogP contribution >= 0.6 is 22.9 Å². The zero-order valence-electron chi connectivity index (χ0n) is 13.6.